The van der Waals surface area contributed by atoms with Crippen molar-refractivity contribution in [3.63, 3.8) is 0 Å². The number of hydrogen-bond donors (Lipinski definition) is 1. The predicted octanol–water partition coefficient (Wildman–Crippen LogP) is 2.78. The molecule has 1 unspecified atom stereocenters. The molecule has 86 valence electrons. The maximum atomic E-state index is 5.51. The number of rotatable bonds is 10. The van der Waals surface area contributed by atoms with Gasteiger partial charge in [0.1, 0.15) is 0 Å². The SMILES string of the molecule is CCCOCCOCC(CS)CCC. The van der Waals surface area contributed by atoms with Crippen LogP contribution in [0.25, 0.3) is 0 Å². The van der Waals surface area contributed by atoms with Crippen LogP contribution in [0.4, 0.5) is 0 Å². The van der Waals surface area contributed by atoms with Crippen molar-refractivity contribution in [1.29, 1.82) is 0 Å². The first kappa shape index (κ1) is 14.3. The highest BCUT2D eigenvalue weighted by molar-refractivity contribution is 7.80. The summed E-state index contributed by atoms with van der Waals surface area (Å²) in [5.41, 5.74) is 0. The monoisotopic (exact) mass is 220 g/mol. The van der Waals surface area contributed by atoms with Crippen molar-refractivity contribution in [2.45, 2.75) is 33.1 Å². The highest BCUT2D eigenvalue weighted by Crippen LogP contribution is 2.08. The highest BCUT2D eigenvalue weighted by atomic mass is 32.1. The lowest BCUT2D eigenvalue weighted by atomic mass is 10.1. The number of thiol groups is 1. The quantitative estimate of drug-likeness (QED) is 0.451. The van der Waals surface area contributed by atoms with Gasteiger partial charge in [0.2, 0.25) is 0 Å². The van der Waals surface area contributed by atoms with E-state index in [0.717, 1.165) is 32.0 Å². The molecule has 0 aliphatic heterocycles. The molecule has 0 aromatic rings. The van der Waals surface area contributed by atoms with Crippen LogP contribution in [0.1, 0.15) is 33.1 Å². The van der Waals surface area contributed by atoms with Crippen molar-refractivity contribution in [2.75, 3.05) is 32.2 Å². The largest absolute Gasteiger partial charge is 0.379 e. The van der Waals surface area contributed by atoms with Crippen LogP contribution in [0.5, 0.6) is 0 Å². The van der Waals surface area contributed by atoms with Crippen LogP contribution >= 0.6 is 12.6 Å². The lowest BCUT2D eigenvalue weighted by molar-refractivity contribution is 0.0354. The molecule has 0 saturated carbocycles. The molecule has 0 radical (unpaired) electrons. The van der Waals surface area contributed by atoms with Gasteiger partial charge in [-0.15, -0.1) is 0 Å². The normalized spacial score (nSPS) is 13.1. The average Bonchev–Trinajstić information content (AvgIpc) is 2.21. The summed E-state index contributed by atoms with van der Waals surface area (Å²) >= 11 is 4.30. The molecule has 0 aliphatic rings. The van der Waals surface area contributed by atoms with E-state index in [2.05, 4.69) is 26.5 Å². The van der Waals surface area contributed by atoms with Gasteiger partial charge in [0.25, 0.3) is 0 Å². The Hall–Kier alpha value is 0.270. The summed E-state index contributed by atoms with van der Waals surface area (Å²) in [7, 11) is 0. The molecule has 0 aromatic carbocycles. The molecular formula is C11H24O2S. The molecule has 1 atom stereocenters. The third kappa shape index (κ3) is 8.85. The van der Waals surface area contributed by atoms with Crippen molar-refractivity contribution in [1.82, 2.24) is 0 Å². The van der Waals surface area contributed by atoms with Crippen LogP contribution in [0, 0.1) is 5.92 Å². The van der Waals surface area contributed by atoms with Gasteiger partial charge in [-0.05, 0) is 24.5 Å². The van der Waals surface area contributed by atoms with Crippen molar-refractivity contribution in [2.24, 2.45) is 5.92 Å². The minimum absolute atomic E-state index is 0.606. The maximum absolute atomic E-state index is 5.51. The van der Waals surface area contributed by atoms with Crippen LogP contribution < -0.4 is 0 Å². The smallest absolute Gasteiger partial charge is 0.0700 e. The first-order valence-corrected chi connectivity index (χ1v) is 6.24. The fourth-order valence-electron chi connectivity index (χ4n) is 1.25. The fraction of sp³-hybridized carbons (Fsp3) is 1.00. The summed E-state index contributed by atoms with van der Waals surface area (Å²) in [6, 6.07) is 0. The zero-order chi connectivity index (χ0) is 10.6. The molecule has 0 bridgehead atoms. The van der Waals surface area contributed by atoms with Gasteiger partial charge in [-0.25, -0.2) is 0 Å². The molecule has 3 heteroatoms. The second-order valence-corrected chi connectivity index (χ2v) is 3.89. The minimum Gasteiger partial charge on any atom is -0.379 e. The van der Waals surface area contributed by atoms with Crippen LogP contribution in [-0.4, -0.2) is 32.2 Å². The van der Waals surface area contributed by atoms with Crippen LogP contribution in [0.15, 0.2) is 0 Å². The Morgan fingerprint density at radius 2 is 1.71 bits per heavy atom. The molecule has 0 spiro atoms. The second-order valence-electron chi connectivity index (χ2n) is 3.52. The molecule has 0 rings (SSSR count). The summed E-state index contributed by atoms with van der Waals surface area (Å²) in [6.45, 7) is 7.41. The van der Waals surface area contributed by atoms with E-state index < -0.39 is 0 Å². The molecule has 0 amide bonds. The fourth-order valence-corrected chi connectivity index (χ4v) is 1.54. The van der Waals surface area contributed by atoms with Gasteiger partial charge < -0.3 is 9.47 Å². The first-order valence-electron chi connectivity index (χ1n) is 5.61. The molecule has 0 saturated heterocycles. The summed E-state index contributed by atoms with van der Waals surface area (Å²) in [6.07, 6.45) is 3.50. The topological polar surface area (TPSA) is 18.5 Å². The Labute approximate surface area is 93.8 Å². The Bertz CT molecular complexity index is 109. The third-order valence-electron chi connectivity index (χ3n) is 2.03. The van der Waals surface area contributed by atoms with E-state index in [9.17, 15) is 0 Å². The lowest BCUT2D eigenvalue weighted by Gasteiger charge is -2.13. The molecule has 14 heavy (non-hydrogen) atoms. The average molecular weight is 220 g/mol. The molecule has 0 heterocycles. The molecule has 0 aliphatic carbocycles. The molecular weight excluding hydrogens is 196 g/mol. The van der Waals surface area contributed by atoms with Gasteiger partial charge in [0, 0.05) is 6.61 Å². The first-order chi connectivity index (χ1) is 6.85. The molecule has 0 N–H and O–H groups in total. The number of ether oxygens (including phenoxy) is 2. The zero-order valence-corrected chi connectivity index (χ0v) is 10.4. The van der Waals surface area contributed by atoms with E-state index >= 15 is 0 Å². The van der Waals surface area contributed by atoms with Gasteiger partial charge in [0.15, 0.2) is 0 Å². The second kappa shape index (κ2) is 11.3. The van der Waals surface area contributed by atoms with Gasteiger partial charge in [-0.3, -0.25) is 0 Å². The third-order valence-corrected chi connectivity index (χ3v) is 2.55. The van der Waals surface area contributed by atoms with E-state index in [-0.39, 0.29) is 0 Å². The van der Waals surface area contributed by atoms with E-state index in [0.29, 0.717) is 12.5 Å². The summed E-state index contributed by atoms with van der Waals surface area (Å²) in [5.74, 6) is 1.53. The van der Waals surface area contributed by atoms with E-state index in [4.69, 9.17) is 9.47 Å². The van der Waals surface area contributed by atoms with Crippen molar-refractivity contribution in [3.05, 3.63) is 0 Å². The molecule has 0 aromatic heterocycles. The van der Waals surface area contributed by atoms with Crippen molar-refractivity contribution < 1.29 is 9.47 Å². The standard InChI is InChI=1S/C11H24O2S/c1-3-5-11(10-14)9-13-8-7-12-6-4-2/h11,14H,3-10H2,1-2H3. The Balaban J connectivity index is 3.15. The molecule has 0 fully saturated rings. The maximum Gasteiger partial charge on any atom is 0.0700 e. The van der Waals surface area contributed by atoms with Gasteiger partial charge in [-0.2, -0.15) is 12.6 Å². The van der Waals surface area contributed by atoms with Gasteiger partial charge in [0.05, 0.1) is 19.8 Å². The minimum atomic E-state index is 0.606. The van der Waals surface area contributed by atoms with Gasteiger partial charge >= 0.3 is 0 Å². The Morgan fingerprint density at radius 3 is 2.29 bits per heavy atom. The Kier molecular flexibility index (Phi) is 11.6. The summed E-state index contributed by atoms with van der Waals surface area (Å²) < 4.78 is 10.8. The Morgan fingerprint density at radius 1 is 1.00 bits per heavy atom. The van der Waals surface area contributed by atoms with E-state index in [1.165, 1.54) is 12.8 Å². The van der Waals surface area contributed by atoms with E-state index in [1.807, 2.05) is 0 Å². The summed E-state index contributed by atoms with van der Waals surface area (Å²) in [4.78, 5) is 0. The molecule has 2 nitrogen and oxygen atoms in total. The predicted molar refractivity (Wildman–Crippen MR) is 64.2 cm³/mol. The van der Waals surface area contributed by atoms with Crippen LogP contribution in [0.3, 0.4) is 0 Å². The number of hydrogen-bond acceptors (Lipinski definition) is 3. The van der Waals surface area contributed by atoms with Gasteiger partial charge in [-0.1, -0.05) is 20.3 Å². The highest BCUT2D eigenvalue weighted by Gasteiger charge is 2.04. The van der Waals surface area contributed by atoms with Crippen LogP contribution in [-0.2, 0) is 9.47 Å². The zero-order valence-electron chi connectivity index (χ0n) is 9.50. The van der Waals surface area contributed by atoms with Crippen molar-refractivity contribution >= 4 is 12.6 Å². The van der Waals surface area contributed by atoms with E-state index in [1.54, 1.807) is 0 Å². The van der Waals surface area contributed by atoms with Crippen molar-refractivity contribution in [3.8, 4) is 0 Å². The lowest BCUT2D eigenvalue weighted by Crippen LogP contribution is -2.14. The summed E-state index contributed by atoms with van der Waals surface area (Å²) in [5, 5.41) is 0. The van der Waals surface area contributed by atoms with Crippen LogP contribution in [0.2, 0.25) is 0 Å².